The van der Waals surface area contributed by atoms with Crippen molar-refractivity contribution in [1.29, 1.82) is 0 Å². The lowest BCUT2D eigenvalue weighted by atomic mass is 9.76. The Hall–Kier alpha value is -5.35. The zero-order valence-corrected chi connectivity index (χ0v) is 30.9. The number of carbonyl (C=O) groups excluding carboxylic acids is 3. The van der Waals surface area contributed by atoms with Gasteiger partial charge in [-0.15, -0.1) is 0 Å². The lowest BCUT2D eigenvalue weighted by Gasteiger charge is -2.36. The number of amides is 3. The van der Waals surface area contributed by atoms with E-state index in [4.69, 9.17) is 14.2 Å². The minimum Gasteiger partial charge on any atom is -0.497 e. The third-order valence-electron chi connectivity index (χ3n) is 11.5. The van der Waals surface area contributed by atoms with E-state index in [-0.39, 0.29) is 36.0 Å². The summed E-state index contributed by atoms with van der Waals surface area (Å²) in [6.45, 7) is 6.64. The molecule has 8 rings (SSSR count). The SMILES string of the molecule is COc1ccc2c(c1)OC[C@H](c1ccccc1)[C@@H]2c1ccc(OCCCCCN2CCN(c3ccc4c(c3)CN(C3CCC(=O)NC3=O)C4=O)CC2)cc1. The second-order valence-corrected chi connectivity index (χ2v) is 14.8. The first kappa shape index (κ1) is 35.7. The molecule has 3 atom stereocenters. The molecule has 0 aromatic heterocycles. The van der Waals surface area contributed by atoms with Gasteiger partial charge in [0.15, 0.2) is 0 Å². The standard InChI is InChI=1S/C44H48N4O6/c1-52-35-15-17-37-40(27-35)54-29-38(30-8-4-2-5-9-30)42(37)31-10-13-34(14-11-31)53-25-7-3-6-20-46-21-23-47(24-22-46)33-12-16-36-32(26-33)28-48(44(36)51)39-18-19-41(49)45-43(39)50/h2,4-5,8-17,26-27,38-39,42H,3,6-7,18-25,28-29H2,1H3,(H,45,49,50)/t38-,39?,42-/m1/s1. The fourth-order valence-corrected chi connectivity index (χ4v) is 8.48. The molecule has 2 fully saturated rings. The van der Waals surface area contributed by atoms with Crippen LogP contribution in [0.5, 0.6) is 17.2 Å². The van der Waals surface area contributed by atoms with E-state index < -0.39 is 6.04 Å². The van der Waals surface area contributed by atoms with Crippen LogP contribution < -0.4 is 24.4 Å². The first-order valence-corrected chi connectivity index (χ1v) is 19.3. The van der Waals surface area contributed by atoms with Crippen molar-refractivity contribution < 1.29 is 28.6 Å². The minimum atomic E-state index is -0.589. The molecule has 0 radical (unpaired) electrons. The van der Waals surface area contributed by atoms with Crippen LogP contribution in [0.15, 0.2) is 91.0 Å². The van der Waals surface area contributed by atoms with E-state index in [0.717, 1.165) is 80.5 Å². The van der Waals surface area contributed by atoms with Gasteiger partial charge in [0.1, 0.15) is 23.3 Å². The number of nitrogens with one attached hydrogen (secondary N) is 1. The molecule has 4 aliphatic rings. The molecule has 0 bridgehead atoms. The highest BCUT2D eigenvalue weighted by Crippen LogP contribution is 2.47. The maximum atomic E-state index is 13.1. The molecule has 1 N–H and O–H groups in total. The van der Waals surface area contributed by atoms with E-state index >= 15 is 0 Å². The van der Waals surface area contributed by atoms with Gasteiger partial charge in [0.25, 0.3) is 5.91 Å². The van der Waals surface area contributed by atoms with Gasteiger partial charge in [0, 0.05) is 73.9 Å². The van der Waals surface area contributed by atoms with Gasteiger partial charge in [-0.1, -0.05) is 48.5 Å². The van der Waals surface area contributed by atoms with E-state index in [2.05, 4.69) is 81.8 Å². The third kappa shape index (κ3) is 7.53. The Kier molecular flexibility index (Phi) is 10.5. The quantitative estimate of drug-likeness (QED) is 0.137. The van der Waals surface area contributed by atoms with Crippen molar-refractivity contribution in [2.75, 3.05) is 57.9 Å². The fraction of sp³-hybridized carbons (Fsp3) is 0.386. The van der Waals surface area contributed by atoms with E-state index in [1.165, 1.54) is 16.7 Å². The summed E-state index contributed by atoms with van der Waals surface area (Å²) in [5, 5.41) is 2.38. The Morgan fingerprint density at radius 1 is 0.815 bits per heavy atom. The van der Waals surface area contributed by atoms with Crippen LogP contribution in [-0.2, 0) is 16.1 Å². The van der Waals surface area contributed by atoms with Gasteiger partial charge >= 0.3 is 0 Å². The predicted octanol–water partition coefficient (Wildman–Crippen LogP) is 6.14. The van der Waals surface area contributed by atoms with E-state index in [1.54, 1.807) is 12.0 Å². The van der Waals surface area contributed by atoms with Crippen LogP contribution >= 0.6 is 0 Å². The molecular formula is C44H48N4O6. The Labute approximate surface area is 317 Å². The molecule has 10 nitrogen and oxygen atoms in total. The number of hydrogen-bond donors (Lipinski definition) is 1. The highest BCUT2D eigenvalue weighted by molar-refractivity contribution is 6.05. The topological polar surface area (TPSA) is 101 Å². The van der Waals surface area contributed by atoms with Crippen LogP contribution in [0.4, 0.5) is 5.69 Å². The lowest BCUT2D eigenvalue weighted by molar-refractivity contribution is -0.136. The van der Waals surface area contributed by atoms with Crippen LogP contribution in [0.1, 0.15) is 76.6 Å². The van der Waals surface area contributed by atoms with E-state index in [0.29, 0.717) is 31.7 Å². The molecule has 0 saturated carbocycles. The number of rotatable bonds is 12. The van der Waals surface area contributed by atoms with Crippen molar-refractivity contribution in [1.82, 2.24) is 15.1 Å². The molecule has 2 saturated heterocycles. The summed E-state index contributed by atoms with van der Waals surface area (Å²) in [6.07, 6.45) is 3.89. The number of carbonyl (C=O) groups is 3. The maximum absolute atomic E-state index is 13.1. The van der Waals surface area contributed by atoms with Crippen LogP contribution in [0, 0.1) is 0 Å². The zero-order valence-electron chi connectivity index (χ0n) is 30.9. The second-order valence-electron chi connectivity index (χ2n) is 14.8. The number of piperidine rings is 1. The molecule has 4 aromatic carbocycles. The number of nitrogens with zero attached hydrogens (tertiary/aromatic N) is 3. The Balaban J connectivity index is 0.777. The van der Waals surface area contributed by atoms with Crippen molar-refractivity contribution in [3.05, 3.63) is 119 Å². The first-order chi connectivity index (χ1) is 26.4. The van der Waals surface area contributed by atoms with Crippen LogP contribution in [0.2, 0.25) is 0 Å². The van der Waals surface area contributed by atoms with Crippen molar-refractivity contribution >= 4 is 23.4 Å². The smallest absolute Gasteiger partial charge is 0.255 e. The van der Waals surface area contributed by atoms with Crippen LogP contribution in [-0.4, -0.2) is 86.6 Å². The number of unbranched alkanes of at least 4 members (excludes halogenated alkanes) is 2. The summed E-state index contributed by atoms with van der Waals surface area (Å²) in [5.41, 5.74) is 6.41. The van der Waals surface area contributed by atoms with Crippen molar-refractivity contribution in [3.8, 4) is 17.2 Å². The number of methoxy groups -OCH3 is 1. The Bertz CT molecular complexity index is 1980. The molecular weight excluding hydrogens is 681 g/mol. The number of piperazine rings is 1. The van der Waals surface area contributed by atoms with Gasteiger partial charge in [-0.25, -0.2) is 0 Å². The molecule has 3 amide bonds. The molecule has 0 spiro atoms. The molecule has 4 heterocycles. The number of ether oxygens (including phenoxy) is 3. The van der Waals surface area contributed by atoms with Gasteiger partial charge in [0.05, 0.1) is 20.3 Å². The van der Waals surface area contributed by atoms with Gasteiger partial charge in [0.2, 0.25) is 11.8 Å². The molecule has 4 aromatic rings. The number of anilines is 1. The minimum absolute atomic E-state index is 0.129. The van der Waals surface area contributed by atoms with Gasteiger partial charge in [-0.05, 0) is 85.3 Å². The number of imide groups is 1. The van der Waals surface area contributed by atoms with E-state index in [9.17, 15) is 14.4 Å². The summed E-state index contributed by atoms with van der Waals surface area (Å²) >= 11 is 0. The predicted molar refractivity (Wildman–Crippen MR) is 206 cm³/mol. The van der Waals surface area contributed by atoms with Gasteiger partial charge in [-0.3, -0.25) is 24.6 Å². The largest absolute Gasteiger partial charge is 0.497 e. The van der Waals surface area contributed by atoms with Gasteiger partial charge < -0.3 is 24.0 Å². The zero-order chi connectivity index (χ0) is 37.0. The number of fused-ring (bicyclic) bond motifs is 2. The summed E-state index contributed by atoms with van der Waals surface area (Å²) in [7, 11) is 1.68. The summed E-state index contributed by atoms with van der Waals surface area (Å²) in [5.74, 6) is 2.16. The normalized spacial score (nSPS) is 21.3. The highest BCUT2D eigenvalue weighted by Gasteiger charge is 2.39. The average molecular weight is 729 g/mol. The fourth-order valence-electron chi connectivity index (χ4n) is 8.48. The summed E-state index contributed by atoms with van der Waals surface area (Å²) in [6, 6.07) is 30.8. The Morgan fingerprint density at radius 2 is 1.61 bits per heavy atom. The molecule has 0 aliphatic carbocycles. The summed E-state index contributed by atoms with van der Waals surface area (Å²) in [4.78, 5) is 43.6. The number of benzene rings is 4. The molecule has 4 aliphatic heterocycles. The molecule has 54 heavy (non-hydrogen) atoms. The first-order valence-electron chi connectivity index (χ1n) is 19.3. The monoisotopic (exact) mass is 728 g/mol. The average Bonchev–Trinajstić information content (AvgIpc) is 3.54. The van der Waals surface area contributed by atoms with Crippen molar-refractivity contribution in [3.63, 3.8) is 0 Å². The van der Waals surface area contributed by atoms with Crippen LogP contribution in [0.25, 0.3) is 0 Å². The highest BCUT2D eigenvalue weighted by atomic mass is 16.5. The van der Waals surface area contributed by atoms with E-state index in [1.807, 2.05) is 24.3 Å². The summed E-state index contributed by atoms with van der Waals surface area (Å²) < 4.78 is 17.9. The van der Waals surface area contributed by atoms with Gasteiger partial charge in [-0.2, -0.15) is 0 Å². The maximum Gasteiger partial charge on any atom is 0.255 e. The second kappa shape index (κ2) is 15.9. The van der Waals surface area contributed by atoms with Crippen LogP contribution in [0.3, 0.4) is 0 Å². The van der Waals surface area contributed by atoms with Crippen molar-refractivity contribution in [2.24, 2.45) is 0 Å². The molecule has 1 unspecified atom stereocenters. The molecule has 280 valence electrons. The third-order valence-corrected chi connectivity index (χ3v) is 11.5. The lowest BCUT2D eigenvalue weighted by Crippen LogP contribution is -2.52. The molecule has 10 heteroatoms. The Morgan fingerprint density at radius 3 is 2.39 bits per heavy atom. The van der Waals surface area contributed by atoms with Crippen molar-refractivity contribution in [2.45, 2.75) is 56.5 Å². The number of hydrogen-bond acceptors (Lipinski definition) is 8.